The fraction of sp³-hybridized carbons (Fsp3) is 0.750. The number of carbonyl (C=O) groups excluding carboxylic acids is 2. The summed E-state index contributed by atoms with van der Waals surface area (Å²) >= 11 is 6.56. The molecule has 0 saturated carbocycles. The number of nitrogens with one attached hydrogen (secondary N) is 2. The van der Waals surface area contributed by atoms with Crippen LogP contribution in [0.25, 0.3) is 0 Å². The number of imide groups is 1. The Hall–Kier alpha value is -0.820. The SMILES string of the molecule is CCCCNC(=O)NC(=O)CSC(=S)N1CCCC1. The van der Waals surface area contributed by atoms with Gasteiger partial charge in [0.05, 0.1) is 5.75 Å². The van der Waals surface area contributed by atoms with E-state index in [1.54, 1.807) is 0 Å². The van der Waals surface area contributed by atoms with E-state index >= 15 is 0 Å². The van der Waals surface area contributed by atoms with Crippen molar-refractivity contribution in [2.45, 2.75) is 32.6 Å². The van der Waals surface area contributed by atoms with Crippen molar-refractivity contribution in [1.82, 2.24) is 15.5 Å². The van der Waals surface area contributed by atoms with Gasteiger partial charge in [-0.05, 0) is 19.3 Å². The Labute approximate surface area is 123 Å². The monoisotopic (exact) mass is 303 g/mol. The lowest BCUT2D eigenvalue weighted by molar-refractivity contribution is -0.117. The summed E-state index contributed by atoms with van der Waals surface area (Å²) in [5.74, 6) is -0.114. The molecule has 1 heterocycles. The van der Waals surface area contributed by atoms with Gasteiger partial charge in [-0.25, -0.2) is 4.79 Å². The van der Waals surface area contributed by atoms with E-state index in [2.05, 4.69) is 15.5 Å². The van der Waals surface area contributed by atoms with Gasteiger partial charge in [-0.2, -0.15) is 0 Å². The van der Waals surface area contributed by atoms with E-state index in [1.165, 1.54) is 11.8 Å². The minimum atomic E-state index is -0.425. The lowest BCUT2D eigenvalue weighted by atomic mass is 10.3. The molecule has 1 aliphatic heterocycles. The van der Waals surface area contributed by atoms with Gasteiger partial charge in [-0.1, -0.05) is 37.3 Å². The van der Waals surface area contributed by atoms with Crippen molar-refractivity contribution >= 4 is 40.2 Å². The first-order valence-electron chi connectivity index (χ1n) is 6.63. The molecular formula is C12H21N3O2S2. The lowest BCUT2D eigenvalue weighted by Gasteiger charge is -2.17. The number of thioether (sulfide) groups is 1. The molecule has 0 radical (unpaired) electrons. The van der Waals surface area contributed by atoms with E-state index in [-0.39, 0.29) is 11.7 Å². The van der Waals surface area contributed by atoms with E-state index < -0.39 is 6.03 Å². The predicted molar refractivity (Wildman–Crippen MR) is 82.3 cm³/mol. The van der Waals surface area contributed by atoms with E-state index in [1.807, 2.05) is 6.92 Å². The third-order valence-corrected chi connectivity index (χ3v) is 4.28. The summed E-state index contributed by atoms with van der Waals surface area (Å²) in [7, 11) is 0. The third kappa shape index (κ3) is 6.77. The van der Waals surface area contributed by atoms with Gasteiger partial charge in [0.15, 0.2) is 0 Å². The van der Waals surface area contributed by atoms with Crippen LogP contribution in [-0.2, 0) is 4.79 Å². The lowest BCUT2D eigenvalue weighted by Crippen LogP contribution is -2.41. The number of nitrogens with zero attached hydrogens (tertiary/aromatic N) is 1. The molecule has 0 atom stereocenters. The number of thiocarbonyl (C=S) groups is 1. The fourth-order valence-electron chi connectivity index (χ4n) is 1.70. The van der Waals surface area contributed by atoms with E-state index in [4.69, 9.17) is 12.2 Å². The Morgan fingerprint density at radius 1 is 1.32 bits per heavy atom. The number of rotatable bonds is 5. The molecule has 1 saturated heterocycles. The van der Waals surface area contributed by atoms with Crippen molar-refractivity contribution in [2.75, 3.05) is 25.4 Å². The van der Waals surface area contributed by atoms with Gasteiger partial charge in [0.1, 0.15) is 4.32 Å². The van der Waals surface area contributed by atoms with E-state index in [0.717, 1.165) is 43.1 Å². The molecule has 0 unspecified atom stereocenters. The predicted octanol–water partition coefficient (Wildman–Crippen LogP) is 1.73. The summed E-state index contributed by atoms with van der Waals surface area (Å²) in [5.41, 5.74) is 0. The second kappa shape index (κ2) is 9.14. The zero-order chi connectivity index (χ0) is 14.1. The first kappa shape index (κ1) is 16.2. The van der Waals surface area contributed by atoms with Crippen LogP contribution >= 0.6 is 24.0 Å². The fourth-order valence-corrected chi connectivity index (χ4v) is 2.76. The quantitative estimate of drug-likeness (QED) is 0.598. The summed E-state index contributed by atoms with van der Waals surface area (Å²) in [6.07, 6.45) is 4.24. The first-order valence-corrected chi connectivity index (χ1v) is 8.02. The van der Waals surface area contributed by atoms with Crippen molar-refractivity contribution in [1.29, 1.82) is 0 Å². The molecule has 1 fully saturated rings. The summed E-state index contributed by atoms with van der Waals surface area (Å²) in [6.45, 7) is 4.59. The molecule has 0 aromatic carbocycles. The molecule has 3 amide bonds. The van der Waals surface area contributed by atoms with Gasteiger partial charge in [0, 0.05) is 19.6 Å². The van der Waals surface area contributed by atoms with Gasteiger partial charge in [-0.15, -0.1) is 0 Å². The Morgan fingerprint density at radius 2 is 2.00 bits per heavy atom. The van der Waals surface area contributed by atoms with Crippen LogP contribution in [0.1, 0.15) is 32.6 Å². The van der Waals surface area contributed by atoms with Crippen molar-refractivity contribution < 1.29 is 9.59 Å². The molecule has 0 aliphatic carbocycles. The number of carbonyl (C=O) groups is 2. The molecule has 1 rings (SSSR count). The number of likely N-dealkylation sites (tertiary alicyclic amines) is 1. The molecule has 108 valence electrons. The molecule has 0 aromatic rings. The smallest absolute Gasteiger partial charge is 0.321 e. The summed E-state index contributed by atoms with van der Waals surface area (Å²) in [5, 5.41) is 4.93. The number of hydrogen-bond acceptors (Lipinski definition) is 4. The minimum absolute atomic E-state index is 0.191. The average molecular weight is 303 g/mol. The molecule has 0 bridgehead atoms. The van der Waals surface area contributed by atoms with E-state index in [9.17, 15) is 9.59 Å². The van der Waals surface area contributed by atoms with Crippen LogP contribution in [0.4, 0.5) is 4.79 Å². The number of urea groups is 1. The van der Waals surface area contributed by atoms with Crippen molar-refractivity contribution in [3.05, 3.63) is 0 Å². The molecule has 7 heteroatoms. The zero-order valence-corrected chi connectivity index (χ0v) is 12.9. The Bertz CT molecular complexity index is 331. The van der Waals surface area contributed by atoms with Crippen LogP contribution in [0, 0.1) is 0 Å². The van der Waals surface area contributed by atoms with Crippen LogP contribution in [0.15, 0.2) is 0 Å². The molecular weight excluding hydrogens is 282 g/mol. The minimum Gasteiger partial charge on any atom is -0.358 e. The maximum Gasteiger partial charge on any atom is 0.321 e. The van der Waals surface area contributed by atoms with E-state index in [0.29, 0.717) is 6.54 Å². The standard InChI is InChI=1S/C12H21N3O2S2/c1-2-3-6-13-11(17)14-10(16)9-19-12(18)15-7-4-5-8-15/h2-9H2,1H3,(H2,13,14,16,17). The van der Waals surface area contributed by atoms with Crippen LogP contribution in [-0.4, -0.2) is 46.5 Å². The summed E-state index contributed by atoms with van der Waals surface area (Å²) in [6, 6.07) is -0.425. The molecule has 5 nitrogen and oxygen atoms in total. The van der Waals surface area contributed by atoms with Crippen LogP contribution in [0.5, 0.6) is 0 Å². The molecule has 0 spiro atoms. The van der Waals surface area contributed by atoms with Crippen molar-refractivity contribution in [3.8, 4) is 0 Å². The first-order chi connectivity index (χ1) is 9.13. The van der Waals surface area contributed by atoms with Gasteiger partial charge in [0.2, 0.25) is 5.91 Å². The topological polar surface area (TPSA) is 61.4 Å². The van der Waals surface area contributed by atoms with Crippen LogP contribution < -0.4 is 10.6 Å². The molecule has 0 aromatic heterocycles. The normalized spacial score (nSPS) is 14.3. The highest BCUT2D eigenvalue weighted by Gasteiger charge is 2.16. The maximum absolute atomic E-state index is 11.5. The van der Waals surface area contributed by atoms with Crippen LogP contribution in [0.3, 0.4) is 0 Å². The van der Waals surface area contributed by atoms with Gasteiger partial charge < -0.3 is 10.2 Å². The van der Waals surface area contributed by atoms with Gasteiger partial charge in [0.25, 0.3) is 0 Å². The third-order valence-electron chi connectivity index (χ3n) is 2.76. The second-order valence-corrected chi connectivity index (χ2v) is 6.02. The Balaban J connectivity index is 2.13. The second-order valence-electron chi connectivity index (χ2n) is 4.41. The average Bonchev–Trinajstić information content (AvgIpc) is 2.90. The number of unbranched alkanes of at least 4 members (excludes halogenated alkanes) is 1. The number of amides is 3. The maximum atomic E-state index is 11.5. The van der Waals surface area contributed by atoms with Gasteiger partial charge in [-0.3, -0.25) is 10.1 Å². The van der Waals surface area contributed by atoms with Crippen molar-refractivity contribution in [2.24, 2.45) is 0 Å². The Morgan fingerprint density at radius 3 is 2.63 bits per heavy atom. The molecule has 2 N–H and O–H groups in total. The zero-order valence-electron chi connectivity index (χ0n) is 11.2. The van der Waals surface area contributed by atoms with Gasteiger partial charge >= 0.3 is 6.03 Å². The van der Waals surface area contributed by atoms with Crippen molar-refractivity contribution in [3.63, 3.8) is 0 Å². The highest BCUT2D eigenvalue weighted by Crippen LogP contribution is 2.15. The molecule has 1 aliphatic rings. The Kier molecular flexibility index (Phi) is 7.81. The number of hydrogen-bond donors (Lipinski definition) is 2. The largest absolute Gasteiger partial charge is 0.358 e. The highest BCUT2D eigenvalue weighted by atomic mass is 32.2. The van der Waals surface area contributed by atoms with Crippen LogP contribution in [0.2, 0.25) is 0 Å². The highest BCUT2D eigenvalue weighted by molar-refractivity contribution is 8.23. The summed E-state index contributed by atoms with van der Waals surface area (Å²) in [4.78, 5) is 25.0. The summed E-state index contributed by atoms with van der Waals surface area (Å²) < 4.78 is 0.749. The molecule has 19 heavy (non-hydrogen) atoms.